The van der Waals surface area contributed by atoms with Crippen LogP contribution in [-0.4, -0.2) is 44.2 Å². The Morgan fingerprint density at radius 3 is 2.50 bits per heavy atom. The lowest BCUT2D eigenvalue weighted by molar-refractivity contribution is -0.885. The van der Waals surface area contributed by atoms with Gasteiger partial charge in [0.2, 0.25) is 0 Å². The summed E-state index contributed by atoms with van der Waals surface area (Å²) in [6.45, 7) is 11.3. The quantitative estimate of drug-likeness (QED) is 0.279. The third kappa shape index (κ3) is 6.43. The Labute approximate surface area is 86.3 Å². The fourth-order valence-electron chi connectivity index (χ4n) is 1.26. The molecule has 0 aliphatic carbocycles. The molecule has 0 aromatic heterocycles. The summed E-state index contributed by atoms with van der Waals surface area (Å²) in [6, 6.07) is 0. The van der Waals surface area contributed by atoms with Crippen LogP contribution < -0.4 is 0 Å². The second-order valence-corrected chi connectivity index (χ2v) is 4.15. The van der Waals surface area contributed by atoms with Gasteiger partial charge in [-0.2, -0.15) is 0 Å². The monoisotopic (exact) mass is 198 g/mol. The van der Waals surface area contributed by atoms with Crippen LogP contribution in [0.25, 0.3) is 0 Å². The van der Waals surface area contributed by atoms with Gasteiger partial charge in [-0.1, -0.05) is 13.2 Å². The van der Waals surface area contributed by atoms with Crippen LogP contribution >= 0.6 is 0 Å². The summed E-state index contributed by atoms with van der Waals surface area (Å²) in [5.41, 5.74) is 1.13. The Kier molecular flexibility index (Phi) is 5.16. The molecule has 0 aliphatic rings. The minimum absolute atomic E-state index is 0.361. The molecular formula is C11H20NO2+. The van der Waals surface area contributed by atoms with E-state index in [-0.39, 0.29) is 5.97 Å². The van der Waals surface area contributed by atoms with E-state index in [0.717, 1.165) is 23.1 Å². The van der Waals surface area contributed by atoms with Crippen molar-refractivity contribution in [2.75, 3.05) is 33.8 Å². The van der Waals surface area contributed by atoms with E-state index in [9.17, 15) is 4.79 Å². The van der Waals surface area contributed by atoms with E-state index < -0.39 is 0 Å². The van der Waals surface area contributed by atoms with Gasteiger partial charge in [0.1, 0.15) is 13.2 Å². The maximum absolute atomic E-state index is 10.8. The van der Waals surface area contributed by atoms with Crippen LogP contribution in [0.2, 0.25) is 0 Å². The highest BCUT2D eigenvalue weighted by Gasteiger charge is 2.15. The summed E-state index contributed by atoms with van der Waals surface area (Å²) in [6.07, 6.45) is 1.18. The number of hydrogen-bond donors (Lipinski definition) is 0. The first-order chi connectivity index (χ1) is 6.37. The number of hydrogen-bond acceptors (Lipinski definition) is 2. The first kappa shape index (κ1) is 12.9. The molecule has 0 N–H and O–H groups in total. The van der Waals surface area contributed by atoms with Gasteiger partial charge in [-0.15, -0.1) is 0 Å². The second-order valence-electron chi connectivity index (χ2n) is 4.15. The third-order valence-corrected chi connectivity index (χ3v) is 1.81. The number of ether oxygens (including phenoxy) is 1. The lowest BCUT2D eigenvalue weighted by Gasteiger charge is -2.29. The molecule has 0 unspecified atom stereocenters. The molecule has 0 aromatic rings. The van der Waals surface area contributed by atoms with Crippen molar-refractivity contribution in [3.8, 4) is 0 Å². The maximum atomic E-state index is 10.8. The zero-order valence-corrected chi connectivity index (χ0v) is 9.38. The predicted octanol–water partition coefficient (Wildman–Crippen LogP) is 1.37. The summed E-state index contributed by atoms with van der Waals surface area (Å²) in [4.78, 5) is 10.8. The highest BCUT2D eigenvalue weighted by atomic mass is 16.5. The number of carbonyl (C=O) groups is 1. The van der Waals surface area contributed by atoms with E-state index in [2.05, 4.69) is 27.3 Å². The molecule has 0 aliphatic heterocycles. The zero-order chi connectivity index (χ0) is 11.2. The third-order valence-electron chi connectivity index (χ3n) is 1.81. The molecular weight excluding hydrogens is 178 g/mol. The fourth-order valence-corrected chi connectivity index (χ4v) is 1.26. The van der Waals surface area contributed by atoms with Crippen LogP contribution in [0.5, 0.6) is 0 Å². The summed E-state index contributed by atoms with van der Waals surface area (Å²) < 4.78 is 5.68. The number of quaternary nitrogens is 1. The number of nitrogens with zero attached hydrogens (tertiary/aromatic N) is 1. The molecule has 0 heterocycles. The average Bonchev–Trinajstić information content (AvgIpc) is 2.01. The zero-order valence-electron chi connectivity index (χ0n) is 9.38. The number of rotatable bonds is 6. The van der Waals surface area contributed by atoms with Crippen molar-refractivity contribution < 1.29 is 14.0 Å². The fraction of sp³-hybridized carbons (Fsp3) is 0.545. The number of likely N-dealkylation sites (N-methyl/N-ethyl adjacent to an activating group) is 1. The Morgan fingerprint density at radius 1 is 1.50 bits per heavy atom. The molecule has 0 spiro atoms. The van der Waals surface area contributed by atoms with Crippen molar-refractivity contribution in [2.45, 2.75) is 6.92 Å². The van der Waals surface area contributed by atoms with Gasteiger partial charge in [0.15, 0.2) is 0 Å². The lowest BCUT2D eigenvalue weighted by Crippen LogP contribution is -2.43. The van der Waals surface area contributed by atoms with Gasteiger partial charge in [0.05, 0.1) is 20.6 Å². The Balaban J connectivity index is 3.81. The van der Waals surface area contributed by atoms with E-state index in [0.29, 0.717) is 6.61 Å². The molecule has 0 saturated heterocycles. The van der Waals surface area contributed by atoms with Crippen LogP contribution in [0.15, 0.2) is 24.8 Å². The van der Waals surface area contributed by atoms with Gasteiger partial charge in [-0.25, -0.2) is 4.79 Å². The molecule has 0 bridgehead atoms. The average molecular weight is 198 g/mol. The van der Waals surface area contributed by atoms with Crippen LogP contribution in [-0.2, 0) is 9.53 Å². The summed E-state index contributed by atoms with van der Waals surface area (Å²) in [5, 5.41) is 0. The van der Waals surface area contributed by atoms with Gasteiger partial charge in [-0.3, -0.25) is 0 Å². The van der Waals surface area contributed by atoms with Crippen molar-refractivity contribution in [3.63, 3.8) is 0 Å². The highest BCUT2D eigenvalue weighted by molar-refractivity contribution is 5.81. The molecule has 3 heteroatoms. The van der Waals surface area contributed by atoms with Gasteiger partial charge in [0.25, 0.3) is 0 Å². The van der Waals surface area contributed by atoms with E-state index in [4.69, 9.17) is 4.74 Å². The summed E-state index contributed by atoms with van der Waals surface area (Å²) in [7, 11) is 4.16. The van der Waals surface area contributed by atoms with Gasteiger partial charge >= 0.3 is 5.97 Å². The van der Waals surface area contributed by atoms with Gasteiger partial charge in [0, 0.05) is 6.08 Å². The largest absolute Gasteiger partial charge is 0.457 e. The van der Waals surface area contributed by atoms with Crippen LogP contribution in [0.3, 0.4) is 0 Å². The number of carbonyl (C=O) groups excluding carboxylic acids is 1. The Hall–Kier alpha value is -1.09. The maximum Gasteiger partial charge on any atom is 0.330 e. The molecule has 80 valence electrons. The Bertz CT molecular complexity index is 231. The summed E-state index contributed by atoms with van der Waals surface area (Å²) in [5.74, 6) is -0.361. The smallest absolute Gasteiger partial charge is 0.330 e. The topological polar surface area (TPSA) is 26.3 Å². The van der Waals surface area contributed by atoms with Crippen molar-refractivity contribution in [2.24, 2.45) is 0 Å². The second kappa shape index (κ2) is 5.60. The van der Waals surface area contributed by atoms with Gasteiger partial charge < -0.3 is 9.22 Å². The van der Waals surface area contributed by atoms with Crippen molar-refractivity contribution in [3.05, 3.63) is 24.8 Å². The minimum atomic E-state index is -0.361. The van der Waals surface area contributed by atoms with E-state index >= 15 is 0 Å². The molecule has 14 heavy (non-hydrogen) atoms. The Morgan fingerprint density at radius 2 is 2.07 bits per heavy atom. The summed E-state index contributed by atoms with van der Waals surface area (Å²) >= 11 is 0. The highest BCUT2D eigenvalue weighted by Crippen LogP contribution is 2.02. The molecule has 0 amide bonds. The molecule has 0 radical (unpaired) electrons. The van der Waals surface area contributed by atoms with Crippen molar-refractivity contribution >= 4 is 5.97 Å². The van der Waals surface area contributed by atoms with Crippen LogP contribution in [0.4, 0.5) is 0 Å². The van der Waals surface area contributed by atoms with Crippen LogP contribution in [0.1, 0.15) is 6.92 Å². The molecule has 0 saturated carbocycles. The SMILES string of the molecule is C=CC(=O)OCC[N+](C)(C)CC(=C)C. The molecule has 0 rings (SSSR count). The first-order valence-corrected chi connectivity index (χ1v) is 4.63. The van der Waals surface area contributed by atoms with E-state index in [1.54, 1.807) is 0 Å². The van der Waals surface area contributed by atoms with Gasteiger partial charge in [-0.05, 0) is 12.5 Å². The lowest BCUT2D eigenvalue weighted by atomic mass is 10.3. The normalized spacial score (nSPS) is 10.8. The first-order valence-electron chi connectivity index (χ1n) is 4.63. The van der Waals surface area contributed by atoms with Crippen LogP contribution in [0, 0.1) is 0 Å². The molecule has 0 atom stereocenters. The molecule has 3 nitrogen and oxygen atoms in total. The molecule has 0 fully saturated rings. The standard InChI is InChI=1S/C11H20NO2/c1-6-11(13)14-8-7-12(4,5)9-10(2)3/h6H,1-2,7-9H2,3-5H3/q+1. The molecule has 0 aromatic carbocycles. The number of esters is 1. The predicted molar refractivity (Wildman–Crippen MR) is 57.8 cm³/mol. The van der Waals surface area contributed by atoms with Crippen molar-refractivity contribution in [1.29, 1.82) is 0 Å². The van der Waals surface area contributed by atoms with Crippen molar-refractivity contribution in [1.82, 2.24) is 0 Å². The van der Waals surface area contributed by atoms with E-state index in [1.807, 2.05) is 6.92 Å². The minimum Gasteiger partial charge on any atom is -0.457 e. The van der Waals surface area contributed by atoms with E-state index in [1.165, 1.54) is 6.08 Å².